The van der Waals surface area contributed by atoms with Crippen molar-refractivity contribution in [2.45, 2.75) is 62.2 Å². The Kier molecular flexibility index (Phi) is 8.12. The molecule has 2 aliphatic rings. The van der Waals surface area contributed by atoms with Gasteiger partial charge in [0.25, 0.3) is 5.56 Å². The van der Waals surface area contributed by atoms with Crippen molar-refractivity contribution in [3.05, 3.63) is 16.7 Å². The van der Waals surface area contributed by atoms with Crippen LogP contribution in [0.3, 0.4) is 0 Å². The van der Waals surface area contributed by atoms with Crippen LogP contribution < -0.4 is 11.3 Å². The molecule has 0 saturated carbocycles. The number of H-pyrrole nitrogens is 1. The molecule has 22 heteroatoms. The molecule has 0 aromatic carbocycles. The van der Waals surface area contributed by atoms with Crippen LogP contribution >= 0.6 is 15.6 Å². The first kappa shape index (κ1) is 29.1. The number of imidazole rings is 1. The molecule has 4 rings (SSSR count). The van der Waals surface area contributed by atoms with Crippen molar-refractivity contribution in [2.24, 2.45) is 0 Å². The number of fused-ring (bicyclic) bond motifs is 1. The Morgan fingerprint density at radius 1 is 1.05 bits per heavy atom. The molecule has 2 saturated heterocycles. The second kappa shape index (κ2) is 10.6. The molecule has 2 fully saturated rings. The smallest absolute Gasteiger partial charge is 0.388 e. The first-order valence-electron chi connectivity index (χ1n) is 10.7. The minimum atomic E-state index is -5.50. The van der Waals surface area contributed by atoms with E-state index in [9.17, 15) is 49.2 Å². The number of hydrogen-bond donors (Lipinski definition) is 9. The summed E-state index contributed by atoms with van der Waals surface area (Å²) in [5.41, 5.74) is 4.59. The molecule has 38 heavy (non-hydrogen) atoms. The summed E-state index contributed by atoms with van der Waals surface area (Å²) in [6.45, 7) is 0.291. The monoisotopic (exact) mass is 589 g/mol. The lowest BCUT2D eigenvalue weighted by molar-refractivity contribution is -0.271. The maximum absolute atomic E-state index is 12.3. The van der Waals surface area contributed by atoms with Crippen molar-refractivity contribution >= 4 is 32.8 Å². The van der Waals surface area contributed by atoms with Crippen LogP contribution in [0.5, 0.6) is 0 Å². The molecule has 0 radical (unpaired) electrons. The normalized spacial score (nSPS) is 37.2. The van der Waals surface area contributed by atoms with E-state index in [2.05, 4.69) is 28.3 Å². The zero-order chi connectivity index (χ0) is 28.2. The number of hydrogen-bond acceptors (Lipinski definition) is 16. The van der Waals surface area contributed by atoms with Gasteiger partial charge >= 0.3 is 15.6 Å². The Bertz CT molecular complexity index is 1320. The number of phosphoric ester groups is 2. The summed E-state index contributed by atoms with van der Waals surface area (Å²) >= 11 is 0. The van der Waals surface area contributed by atoms with Crippen LogP contribution in [0, 0.1) is 0 Å². The summed E-state index contributed by atoms with van der Waals surface area (Å²) < 4.78 is 49.3. The van der Waals surface area contributed by atoms with E-state index in [0.717, 1.165) is 10.9 Å². The van der Waals surface area contributed by atoms with Crippen LogP contribution in [0.15, 0.2) is 11.1 Å². The number of phosphoric acid groups is 2. The Labute approximate surface area is 211 Å². The van der Waals surface area contributed by atoms with E-state index in [1.807, 2.05) is 0 Å². The molecule has 0 bridgehead atoms. The van der Waals surface area contributed by atoms with Crippen molar-refractivity contribution in [1.82, 2.24) is 19.5 Å². The zero-order valence-corrected chi connectivity index (χ0v) is 21.0. The Hall–Kier alpha value is -1.87. The van der Waals surface area contributed by atoms with Crippen LogP contribution in [0.25, 0.3) is 11.2 Å². The van der Waals surface area contributed by atoms with Crippen LogP contribution in [0.1, 0.15) is 13.2 Å². The third-order valence-corrected chi connectivity index (χ3v) is 8.32. The van der Waals surface area contributed by atoms with E-state index < -0.39 is 83.1 Å². The summed E-state index contributed by atoms with van der Waals surface area (Å²) in [4.78, 5) is 41.7. The lowest BCUT2D eigenvalue weighted by atomic mass is 10.0. The van der Waals surface area contributed by atoms with Crippen LogP contribution in [0.4, 0.5) is 5.95 Å². The van der Waals surface area contributed by atoms with Gasteiger partial charge in [-0.05, 0) is 6.92 Å². The molecular formula is C16H25N5O15P2. The number of rotatable bonds is 8. The molecule has 0 aliphatic carbocycles. The van der Waals surface area contributed by atoms with E-state index in [4.69, 9.17) is 15.2 Å². The van der Waals surface area contributed by atoms with Gasteiger partial charge in [0.1, 0.15) is 36.6 Å². The fourth-order valence-corrected chi connectivity index (χ4v) is 5.96. The Balaban J connectivity index is 1.39. The Morgan fingerprint density at radius 2 is 1.74 bits per heavy atom. The first-order chi connectivity index (χ1) is 17.6. The largest absolute Gasteiger partial charge is 0.483 e. The van der Waals surface area contributed by atoms with Crippen molar-refractivity contribution in [3.8, 4) is 0 Å². The van der Waals surface area contributed by atoms with Crippen LogP contribution in [-0.2, 0) is 32.0 Å². The highest BCUT2D eigenvalue weighted by atomic mass is 31.3. The lowest BCUT2D eigenvalue weighted by Gasteiger charge is -2.38. The predicted molar refractivity (Wildman–Crippen MR) is 119 cm³/mol. The van der Waals surface area contributed by atoms with E-state index in [1.54, 1.807) is 0 Å². The van der Waals surface area contributed by atoms with Crippen molar-refractivity contribution in [1.29, 1.82) is 0 Å². The van der Waals surface area contributed by atoms with E-state index >= 15 is 0 Å². The van der Waals surface area contributed by atoms with Gasteiger partial charge in [0.05, 0.1) is 19.0 Å². The van der Waals surface area contributed by atoms with Gasteiger partial charge in [0.2, 0.25) is 5.95 Å². The number of nitrogen functional groups attached to an aromatic ring is 1. The molecule has 2 unspecified atom stereocenters. The number of aromatic amines is 1. The second-order valence-electron chi connectivity index (χ2n) is 8.42. The van der Waals surface area contributed by atoms with E-state index in [0.29, 0.717) is 0 Å². The number of nitrogens with one attached hydrogen (secondary N) is 1. The Morgan fingerprint density at radius 3 is 2.42 bits per heavy atom. The van der Waals surface area contributed by atoms with Gasteiger partial charge in [-0.1, -0.05) is 0 Å². The van der Waals surface area contributed by atoms with E-state index in [1.165, 1.54) is 6.92 Å². The molecule has 20 nitrogen and oxygen atoms in total. The summed E-state index contributed by atoms with van der Waals surface area (Å²) in [6.07, 6.45) is -13.8. The molecule has 4 heterocycles. The number of nitrogens with two attached hydrogens (primary N) is 1. The maximum atomic E-state index is 12.3. The fourth-order valence-electron chi connectivity index (χ4n) is 3.80. The fraction of sp³-hybridized carbons (Fsp3) is 0.688. The van der Waals surface area contributed by atoms with Crippen LogP contribution in [0.2, 0.25) is 0 Å². The SMILES string of the molecule is C[C@@H]1O[C@H](OP(=O)(O)OP(=O)(O)OC[C@H]2O[C@@H](n3cnc4c(=O)[nH]c(N)nc43)[C@H](O)[C@@H]2O)[C@H](O)[C@H](O)[C@H]1O. The average molecular weight is 589 g/mol. The minimum absolute atomic E-state index is 0.0994. The minimum Gasteiger partial charge on any atom is -0.388 e. The predicted octanol–water partition coefficient (Wildman–Crippen LogP) is -3.60. The number of aliphatic hydroxyl groups excluding tert-OH is 5. The van der Waals surface area contributed by atoms with Gasteiger partial charge in [0, 0.05) is 0 Å². The molecule has 0 amide bonds. The highest BCUT2D eigenvalue weighted by molar-refractivity contribution is 7.61. The quantitative estimate of drug-likeness (QED) is 0.134. The number of aromatic nitrogens is 4. The second-order valence-corrected chi connectivity index (χ2v) is 11.4. The molecule has 2 aromatic rings. The van der Waals surface area contributed by atoms with Crippen molar-refractivity contribution in [2.75, 3.05) is 12.3 Å². The number of nitrogens with zero attached hydrogens (tertiary/aromatic N) is 3. The lowest BCUT2D eigenvalue weighted by Crippen LogP contribution is -2.57. The van der Waals surface area contributed by atoms with Crippen LogP contribution in [-0.4, -0.2) is 110 Å². The summed E-state index contributed by atoms with van der Waals surface area (Å²) in [7, 11) is -10.9. The third kappa shape index (κ3) is 5.83. The number of aliphatic hydroxyl groups is 5. The summed E-state index contributed by atoms with van der Waals surface area (Å²) in [5.74, 6) is -0.266. The average Bonchev–Trinajstić information content (AvgIpc) is 3.35. The molecule has 214 valence electrons. The van der Waals surface area contributed by atoms with Crippen molar-refractivity contribution in [3.63, 3.8) is 0 Å². The van der Waals surface area contributed by atoms with Crippen molar-refractivity contribution < 1.29 is 67.3 Å². The molecule has 11 atom stereocenters. The molecule has 10 N–H and O–H groups in total. The number of ether oxygens (including phenoxy) is 2. The van der Waals surface area contributed by atoms with Gasteiger partial charge in [0.15, 0.2) is 23.7 Å². The highest BCUT2D eigenvalue weighted by Crippen LogP contribution is 2.61. The van der Waals surface area contributed by atoms with Gasteiger partial charge in [-0.25, -0.2) is 14.1 Å². The topological polar surface area (TPSA) is 311 Å². The highest BCUT2D eigenvalue weighted by Gasteiger charge is 2.49. The van der Waals surface area contributed by atoms with Gasteiger partial charge in [-0.15, -0.1) is 0 Å². The maximum Gasteiger partial charge on any atom is 0.483 e. The van der Waals surface area contributed by atoms with Gasteiger partial charge in [-0.3, -0.25) is 23.4 Å². The summed E-state index contributed by atoms with van der Waals surface area (Å²) in [5, 5.41) is 50.0. The third-order valence-electron chi connectivity index (χ3n) is 5.72. The molecular weight excluding hydrogens is 564 g/mol. The first-order valence-corrected chi connectivity index (χ1v) is 13.7. The zero-order valence-electron chi connectivity index (χ0n) is 19.2. The standard InChI is InChI=1S/C16H25N5O15P2/c1-4-7(22)9(24)11(26)15(33-4)35-38(30,31)36-37(28,29)32-2-5-8(23)10(25)14(34-5)21-3-18-6-12(21)19-16(17)20-13(6)27/h3-5,7-11,14-15,22-26H,2H2,1H3,(H,28,29)(H,30,31)(H3,17,19,20,27)/t4-,5+,7-,8+,9+,10+,11+,14+,15+/m0/s1. The number of anilines is 1. The molecule has 0 spiro atoms. The van der Waals surface area contributed by atoms with Gasteiger partial charge < -0.3 is 50.5 Å². The molecule has 2 aliphatic heterocycles. The van der Waals surface area contributed by atoms with Gasteiger partial charge in [-0.2, -0.15) is 9.29 Å². The summed E-state index contributed by atoms with van der Waals surface area (Å²) in [6, 6.07) is 0. The van der Waals surface area contributed by atoms with E-state index in [-0.39, 0.29) is 17.1 Å². The molecule has 2 aromatic heterocycles.